The minimum absolute atomic E-state index is 0.100. The van der Waals surface area contributed by atoms with E-state index < -0.39 is 5.97 Å². The molecule has 1 aliphatic carbocycles. The van der Waals surface area contributed by atoms with E-state index in [0.717, 1.165) is 16.5 Å². The lowest BCUT2D eigenvalue weighted by atomic mass is 10.1. The first-order chi connectivity index (χ1) is 10.3. The second-order valence-corrected chi connectivity index (χ2v) is 5.23. The lowest BCUT2D eigenvalue weighted by Crippen LogP contribution is -2.06. The smallest absolute Gasteiger partial charge is 0.307 e. The second kappa shape index (κ2) is 4.37. The lowest BCUT2D eigenvalue weighted by Gasteiger charge is -2.07. The highest BCUT2D eigenvalue weighted by Gasteiger charge is 2.47. The molecule has 1 aliphatic rings. The summed E-state index contributed by atoms with van der Waals surface area (Å²) in [6.07, 6.45) is 0.598. The zero-order chi connectivity index (χ0) is 14.4. The largest absolute Gasteiger partial charge is 0.481 e. The highest BCUT2D eigenvalue weighted by atomic mass is 16.4. The fourth-order valence-corrected chi connectivity index (χ4v) is 2.74. The minimum Gasteiger partial charge on any atom is -0.481 e. The molecular formula is C15H12N4O2. The predicted molar refractivity (Wildman–Crippen MR) is 75.1 cm³/mol. The average Bonchev–Trinajstić information content (AvgIpc) is 3.17. The monoisotopic (exact) mass is 280 g/mol. The standard InChI is InChI=1S/C15H12N4O2/c20-15(21)12-8-11(12)14-16-17-18-19(14)13-7-3-5-9-4-1-2-6-10(9)13/h1-7,11-12H,8H2,(H,20,21). The van der Waals surface area contributed by atoms with Gasteiger partial charge in [0.05, 0.1) is 11.6 Å². The van der Waals surface area contributed by atoms with Crippen LogP contribution in [0.25, 0.3) is 16.5 Å². The van der Waals surface area contributed by atoms with E-state index in [1.165, 1.54) is 0 Å². The van der Waals surface area contributed by atoms with Gasteiger partial charge in [-0.1, -0.05) is 36.4 Å². The van der Waals surface area contributed by atoms with Crippen molar-refractivity contribution in [3.63, 3.8) is 0 Å². The zero-order valence-electron chi connectivity index (χ0n) is 11.0. The van der Waals surface area contributed by atoms with Gasteiger partial charge >= 0.3 is 5.97 Å². The summed E-state index contributed by atoms with van der Waals surface area (Å²) >= 11 is 0. The van der Waals surface area contributed by atoms with Crippen LogP contribution >= 0.6 is 0 Å². The summed E-state index contributed by atoms with van der Waals surface area (Å²) in [6.45, 7) is 0. The first-order valence-corrected chi connectivity index (χ1v) is 6.75. The molecule has 21 heavy (non-hydrogen) atoms. The molecule has 1 heterocycles. The average molecular weight is 280 g/mol. The maximum absolute atomic E-state index is 11.0. The van der Waals surface area contributed by atoms with Gasteiger partial charge in [0.15, 0.2) is 5.82 Å². The van der Waals surface area contributed by atoms with Gasteiger partial charge in [0, 0.05) is 11.3 Å². The number of fused-ring (bicyclic) bond motifs is 1. The molecule has 1 fully saturated rings. The van der Waals surface area contributed by atoms with Crippen molar-refractivity contribution in [1.82, 2.24) is 20.2 Å². The Hall–Kier alpha value is -2.76. The van der Waals surface area contributed by atoms with Crippen LogP contribution in [-0.2, 0) is 4.79 Å². The zero-order valence-corrected chi connectivity index (χ0v) is 11.0. The minimum atomic E-state index is -0.785. The molecule has 2 aromatic carbocycles. The van der Waals surface area contributed by atoms with Crippen molar-refractivity contribution in [2.45, 2.75) is 12.3 Å². The van der Waals surface area contributed by atoms with E-state index in [0.29, 0.717) is 12.2 Å². The van der Waals surface area contributed by atoms with E-state index in [9.17, 15) is 4.79 Å². The van der Waals surface area contributed by atoms with Gasteiger partial charge in [-0.25, -0.2) is 0 Å². The highest BCUT2D eigenvalue weighted by Crippen LogP contribution is 2.47. The summed E-state index contributed by atoms with van der Waals surface area (Å²) in [5.41, 5.74) is 0.879. The Morgan fingerprint density at radius 3 is 2.81 bits per heavy atom. The lowest BCUT2D eigenvalue weighted by molar-refractivity contribution is -0.138. The molecule has 2 atom stereocenters. The Labute approximate surface area is 120 Å². The van der Waals surface area contributed by atoms with E-state index in [4.69, 9.17) is 5.11 Å². The van der Waals surface area contributed by atoms with E-state index in [2.05, 4.69) is 15.5 Å². The van der Waals surface area contributed by atoms with Gasteiger partial charge in [0.1, 0.15) is 0 Å². The van der Waals surface area contributed by atoms with Crippen molar-refractivity contribution in [3.8, 4) is 5.69 Å². The summed E-state index contributed by atoms with van der Waals surface area (Å²) in [7, 11) is 0. The number of tetrazole rings is 1. The van der Waals surface area contributed by atoms with Gasteiger partial charge in [-0.3, -0.25) is 4.79 Å². The normalized spacial score (nSPS) is 20.6. The number of aliphatic carboxylic acids is 1. The number of rotatable bonds is 3. The number of aromatic nitrogens is 4. The van der Waals surface area contributed by atoms with Crippen LogP contribution in [0.4, 0.5) is 0 Å². The molecule has 6 nitrogen and oxygen atoms in total. The number of nitrogens with zero attached hydrogens (tertiary/aromatic N) is 4. The molecule has 1 saturated carbocycles. The molecule has 3 aromatic rings. The Kier molecular flexibility index (Phi) is 2.50. The SMILES string of the molecule is O=C(O)C1CC1c1nnnn1-c1cccc2ccccc12. The topological polar surface area (TPSA) is 80.9 Å². The number of carbonyl (C=O) groups is 1. The van der Waals surface area contributed by atoms with Gasteiger partial charge in [0.2, 0.25) is 0 Å². The van der Waals surface area contributed by atoms with Gasteiger partial charge in [-0.15, -0.1) is 5.10 Å². The van der Waals surface area contributed by atoms with Gasteiger partial charge in [-0.05, 0) is 28.3 Å². The number of hydrogen-bond donors (Lipinski definition) is 1. The van der Waals surface area contributed by atoms with E-state index in [1.54, 1.807) is 4.68 Å². The number of hydrogen-bond acceptors (Lipinski definition) is 4. The van der Waals surface area contributed by atoms with Crippen LogP contribution in [0.2, 0.25) is 0 Å². The third-order valence-corrected chi connectivity index (χ3v) is 3.93. The Balaban J connectivity index is 1.84. The summed E-state index contributed by atoms with van der Waals surface area (Å²) in [5, 5.41) is 23.0. The maximum Gasteiger partial charge on any atom is 0.307 e. The Bertz CT molecular complexity index is 837. The maximum atomic E-state index is 11.0. The van der Waals surface area contributed by atoms with Crippen LogP contribution in [0.5, 0.6) is 0 Å². The Morgan fingerprint density at radius 2 is 2.00 bits per heavy atom. The highest BCUT2D eigenvalue weighted by molar-refractivity contribution is 5.90. The molecule has 2 unspecified atom stereocenters. The van der Waals surface area contributed by atoms with Crippen LogP contribution in [0.3, 0.4) is 0 Å². The van der Waals surface area contributed by atoms with E-state index >= 15 is 0 Å². The molecule has 0 bridgehead atoms. The van der Waals surface area contributed by atoms with Gasteiger partial charge in [0.25, 0.3) is 0 Å². The molecule has 6 heteroatoms. The molecule has 0 aliphatic heterocycles. The third-order valence-electron chi connectivity index (χ3n) is 3.93. The fourth-order valence-electron chi connectivity index (χ4n) is 2.74. The van der Waals surface area contributed by atoms with Crippen molar-refractivity contribution in [3.05, 3.63) is 48.3 Å². The van der Waals surface area contributed by atoms with Gasteiger partial charge < -0.3 is 5.11 Å². The molecule has 1 aromatic heterocycles. The molecule has 0 amide bonds. The van der Waals surface area contributed by atoms with Crippen LogP contribution in [-0.4, -0.2) is 31.3 Å². The summed E-state index contributed by atoms with van der Waals surface area (Å²) < 4.78 is 1.66. The quantitative estimate of drug-likeness (QED) is 0.793. The van der Waals surface area contributed by atoms with Crippen molar-refractivity contribution in [1.29, 1.82) is 0 Å². The number of carboxylic acids is 1. The summed E-state index contributed by atoms with van der Waals surface area (Å²) in [6, 6.07) is 13.9. The molecule has 0 radical (unpaired) electrons. The van der Waals surface area contributed by atoms with Crippen LogP contribution in [0.15, 0.2) is 42.5 Å². The van der Waals surface area contributed by atoms with Crippen molar-refractivity contribution in [2.75, 3.05) is 0 Å². The van der Waals surface area contributed by atoms with Crippen LogP contribution < -0.4 is 0 Å². The van der Waals surface area contributed by atoms with Crippen molar-refractivity contribution in [2.24, 2.45) is 5.92 Å². The van der Waals surface area contributed by atoms with Crippen molar-refractivity contribution < 1.29 is 9.90 Å². The summed E-state index contributed by atoms with van der Waals surface area (Å²) in [4.78, 5) is 11.0. The first kappa shape index (κ1) is 12.0. The van der Waals surface area contributed by atoms with E-state index in [1.807, 2.05) is 42.5 Å². The van der Waals surface area contributed by atoms with Crippen LogP contribution in [0.1, 0.15) is 18.2 Å². The Morgan fingerprint density at radius 1 is 1.19 bits per heavy atom. The predicted octanol–water partition coefficient (Wildman–Crippen LogP) is 2.00. The molecular weight excluding hydrogens is 268 g/mol. The molecule has 104 valence electrons. The molecule has 0 spiro atoms. The van der Waals surface area contributed by atoms with Gasteiger partial charge in [-0.2, -0.15) is 4.68 Å². The molecule has 1 N–H and O–H groups in total. The van der Waals surface area contributed by atoms with E-state index in [-0.39, 0.29) is 11.8 Å². The third kappa shape index (κ3) is 1.87. The first-order valence-electron chi connectivity index (χ1n) is 6.75. The molecule has 4 rings (SSSR count). The number of benzene rings is 2. The molecule has 0 saturated heterocycles. The van der Waals surface area contributed by atoms with Crippen LogP contribution in [0, 0.1) is 5.92 Å². The number of carboxylic acid groups (broad SMARTS) is 1. The summed E-state index contributed by atoms with van der Waals surface area (Å²) in [5.74, 6) is -0.632. The fraction of sp³-hybridized carbons (Fsp3) is 0.200. The van der Waals surface area contributed by atoms with Crippen molar-refractivity contribution >= 4 is 16.7 Å². The second-order valence-electron chi connectivity index (χ2n) is 5.23.